The van der Waals surface area contributed by atoms with Crippen LogP contribution in [0.4, 0.5) is 5.69 Å². The van der Waals surface area contributed by atoms with Crippen LogP contribution in [0.3, 0.4) is 0 Å². The van der Waals surface area contributed by atoms with Crippen molar-refractivity contribution >= 4 is 21.6 Å². The van der Waals surface area contributed by atoms with Crippen LogP contribution in [0.15, 0.2) is 45.7 Å². The Kier molecular flexibility index (Phi) is 3.11. The summed E-state index contributed by atoms with van der Waals surface area (Å²) < 4.78 is 6.03. The molecule has 0 radical (unpaired) electrons. The molecule has 0 aliphatic carbocycles. The lowest BCUT2D eigenvalue weighted by Gasteiger charge is -1.99. The Balaban J connectivity index is 1.99. The summed E-state index contributed by atoms with van der Waals surface area (Å²) in [7, 11) is 0. The van der Waals surface area contributed by atoms with Crippen molar-refractivity contribution in [3.63, 3.8) is 0 Å². The quantitative estimate of drug-likeness (QED) is 0.553. The van der Waals surface area contributed by atoms with Crippen LogP contribution in [-0.4, -0.2) is 20.2 Å². The van der Waals surface area contributed by atoms with E-state index in [0.29, 0.717) is 17.3 Å². The van der Waals surface area contributed by atoms with E-state index in [4.69, 9.17) is 10.3 Å². The number of rotatable bonds is 2. The summed E-state index contributed by atoms with van der Waals surface area (Å²) in [5.41, 5.74) is 7.27. The van der Waals surface area contributed by atoms with Crippen molar-refractivity contribution in [3.05, 3.63) is 41.1 Å². The lowest BCUT2D eigenvalue weighted by molar-refractivity contribution is 0.432. The van der Waals surface area contributed by atoms with Crippen molar-refractivity contribution in [1.82, 2.24) is 15.1 Å². The van der Waals surface area contributed by atoms with Gasteiger partial charge in [0.05, 0.1) is 5.69 Å². The van der Waals surface area contributed by atoms with Gasteiger partial charge in [0.25, 0.3) is 5.89 Å². The molecule has 0 saturated heterocycles. The Hall–Kier alpha value is -2.41. The Morgan fingerprint density at radius 2 is 2.00 bits per heavy atom. The van der Waals surface area contributed by atoms with Gasteiger partial charge in [-0.05, 0) is 40.2 Å². The van der Waals surface area contributed by atoms with Gasteiger partial charge in [-0.1, -0.05) is 5.16 Å². The second kappa shape index (κ2) is 4.93. The largest absolute Gasteiger partial charge is 0.506 e. The lowest BCUT2D eigenvalue weighted by Crippen LogP contribution is -1.87. The number of aromatic nitrogens is 3. The molecule has 1 aromatic carbocycles. The highest BCUT2D eigenvalue weighted by Crippen LogP contribution is 2.28. The molecular formula is C13H9BrN4O2. The molecule has 0 saturated carbocycles. The van der Waals surface area contributed by atoms with Gasteiger partial charge in [0, 0.05) is 28.0 Å². The summed E-state index contributed by atoms with van der Waals surface area (Å²) in [6, 6.07) is 6.55. The Bertz CT molecular complexity index is 773. The Morgan fingerprint density at radius 1 is 1.15 bits per heavy atom. The topological polar surface area (TPSA) is 98.1 Å². The van der Waals surface area contributed by atoms with Gasteiger partial charge < -0.3 is 15.4 Å². The summed E-state index contributed by atoms with van der Waals surface area (Å²) in [5.74, 6) is 0.775. The van der Waals surface area contributed by atoms with E-state index in [1.807, 2.05) is 6.07 Å². The van der Waals surface area contributed by atoms with Crippen LogP contribution in [0, 0.1) is 0 Å². The average molecular weight is 333 g/mol. The van der Waals surface area contributed by atoms with Crippen LogP contribution in [0.25, 0.3) is 22.8 Å². The van der Waals surface area contributed by atoms with Crippen molar-refractivity contribution in [2.75, 3.05) is 5.73 Å². The summed E-state index contributed by atoms with van der Waals surface area (Å²) >= 11 is 3.34. The molecule has 0 fully saturated rings. The fourth-order valence-corrected chi connectivity index (χ4v) is 2.04. The van der Waals surface area contributed by atoms with Crippen LogP contribution in [0.1, 0.15) is 0 Å². The predicted molar refractivity (Wildman–Crippen MR) is 76.7 cm³/mol. The van der Waals surface area contributed by atoms with Crippen molar-refractivity contribution in [2.45, 2.75) is 0 Å². The van der Waals surface area contributed by atoms with E-state index >= 15 is 0 Å². The second-order valence-corrected chi connectivity index (χ2v) is 5.00. The summed E-state index contributed by atoms with van der Waals surface area (Å²) in [4.78, 5) is 8.33. The van der Waals surface area contributed by atoms with Crippen molar-refractivity contribution in [1.29, 1.82) is 0 Å². The Morgan fingerprint density at radius 3 is 2.75 bits per heavy atom. The number of nitrogen functional groups attached to an aromatic ring is 1. The predicted octanol–water partition coefficient (Wildman–Crippen LogP) is 2.85. The first-order chi connectivity index (χ1) is 9.63. The van der Waals surface area contributed by atoms with E-state index in [1.165, 1.54) is 6.07 Å². The van der Waals surface area contributed by atoms with Gasteiger partial charge in [-0.15, -0.1) is 0 Å². The summed E-state index contributed by atoms with van der Waals surface area (Å²) in [6.07, 6.45) is 3.32. The molecule has 3 N–H and O–H groups in total. The van der Waals surface area contributed by atoms with Gasteiger partial charge in [0.2, 0.25) is 5.82 Å². The first-order valence-corrected chi connectivity index (χ1v) is 6.46. The number of nitrogens with zero attached hydrogens (tertiary/aromatic N) is 3. The average Bonchev–Trinajstić information content (AvgIpc) is 2.92. The minimum absolute atomic E-state index is 0.0182. The molecule has 0 aliphatic heterocycles. The van der Waals surface area contributed by atoms with Crippen molar-refractivity contribution < 1.29 is 9.63 Å². The van der Waals surface area contributed by atoms with Crippen LogP contribution < -0.4 is 5.73 Å². The monoisotopic (exact) mass is 332 g/mol. The number of benzene rings is 1. The smallest absolute Gasteiger partial charge is 0.258 e. The van der Waals surface area contributed by atoms with Crippen LogP contribution >= 0.6 is 15.9 Å². The molecule has 0 amide bonds. The molecule has 0 aliphatic rings. The van der Waals surface area contributed by atoms with Gasteiger partial charge in [0.15, 0.2) is 0 Å². The first-order valence-electron chi connectivity index (χ1n) is 5.67. The molecule has 0 bridgehead atoms. The van der Waals surface area contributed by atoms with E-state index in [1.54, 1.807) is 24.5 Å². The zero-order chi connectivity index (χ0) is 14.1. The minimum atomic E-state index is 0.0182. The first kappa shape index (κ1) is 12.6. The van der Waals surface area contributed by atoms with Crippen LogP contribution in [0.5, 0.6) is 5.75 Å². The SMILES string of the molecule is Nc1cc(-c2nc(-c3cncc(Br)c3)no2)ccc1O. The second-order valence-electron chi connectivity index (χ2n) is 4.09. The van der Waals surface area contributed by atoms with Crippen molar-refractivity contribution in [3.8, 4) is 28.6 Å². The molecule has 2 aromatic heterocycles. The number of nitrogens with two attached hydrogens (primary N) is 1. The molecular weight excluding hydrogens is 324 g/mol. The highest BCUT2D eigenvalue weighted by molar-refractivity contribution is 9.10. The normalized spacial score (nSPS) is 10.7. The number of anilines is 1. The van der Waals surface area contributed by atoms with E-state index in [9.17, 15) is 5.11 Å². The number of phenols is 1. The molecule has 0 spiro atoms. The number of aromatic hydroxyl groups is 1. The van der Waals surface area contributed by atoms with Crippen LogP contribution in [-0.2, 0) is 0 Å². The number of halogens is 1. The lowest BCUT2D eigenvalue weighted by atomic mass is 10.2. The Labute approximate surface area is 122 Å². The van der Waals surface area contributed by atoms with Gasteiger partial charge >= 0.3 is 0 Å². The number of hydrogen-bond acceptors (Lipinski definition) is 6. The summed E-state index contributed by atoms with van der Waals surface area (Å²) in [6.45, 7) is 0. The molecule has 100 valence electrons. The third-order valence-corrected chi connectivity index (χ3v) is 3.10. The van der Waals surface area contributed by atoms with E-state index in [0.717, 1.165) is 10.0 Å². The fraction of sp³-hybridized carbons (Fsp3) is 0. The highest BCUT2D eigenvalue weighted by atomic mass is 79.9. The third-order valence-electron chi connectivity index (χ3n) is 2.66. The van der Waals surface area contributed by atoms with E-state index in [2.05, 4.69) is 31.1 Å². The van der Waals surface area contributed by atoms with E-state index < -0.39 is 0 Å². The summed E-state index contributed by atoms with van der Waals surface area (Å²) in [5, 5.41) is 13.3. The van der Waals surface area contributed by atoms with Crippen LogP contribution in [0.2, 0.25) is 0 Å². The third kappa shape index (κ3) is 2.35. The van der Waals surface area contributed by atoms with Gasteiger partial charge in [-0.25, -0.2) is 0 Å². The number of pyridine rings is 1. The van der Waals surface area contributed by atoms with Gasteiger partial charge in [0.1, 0.15) is 5.75 Å². The molecule has 6 nitrogen and oxygen atoms in total. The minimum Gasteiger partial charge on any atom is -0.506 e. The number of hydrogen-bond donors (Lipinski definition) is 2. The molecule has 0 atom stereocenters. The molecule has 7 heteroatoms. The maximum atomic E-state index is 9.40. The zero-order valence-electron chi connectivity index (χ0n) is 10.1. The van der Waals surface area contributed by atoms with Crippen molar-refractivity contribution in [2.24, 2.45) is 0 Å². The highest BCUT2D eigenvalue weighted by Gasteiger charge is 2.12. The number of phenolic OH excluding ortho intramolecular Hbond substituents is 1. The molecule has 3 aromatic rings. The maximum Gasteiger partial charge on any atom is 0.258 e. The standard InChI is InChI=1S/C13H9BrN4O2/c14-9-3-8(5-16-6-9)12-17-13(20-18-12)7-1-2-11(19)10(15)4-7/h1-6,19H,15H2. The maximum absolute atomic E-state index is 9.40. The van der Waals surface area contributed by atoms with Gasteiger partial charge in [-0.2, -0.15) is 4.98 Å². The molecule has 0 unspecified atom stereocenters. The zero-order valence-corrected chi connectivity index (χ0v) is 11.7. The fourth-order valence-electron chi connectivity index (χ4n) is 1.68. The van der Waals surface area contributed by atoms with Gasteiger partial charge in [-0.3, -0.25) is 4.98 Å². The molecule has 20 heavy (non-hydrogen) atoms. The van der Waals surface area contributed by atoms with E-state index in [-0.39, 0.29) is 11.4 Å². The molecule has 3 rings (SSSR count). The molecule has 2 heterocycles.